The zero-order chi connectivity index (χ0) is 17.7. The largest absolute Gasteiger partial charge is 0.438 e. The van der Waals surface area contributed by atoms with Gasteiger partial charge in [-0.1, -0.05) is 0 Å². The van der Waals surface area contributed by atoms with Gasteiger partial charge < -0.3 is 9.47 Å². The van der Waals surface area contributed by atoms with Crippen LogP contribution in [0.25, 0.3) is 0 Å². The number of carbonyl (C=O) groups excluding carboxylic acids is 1. The van der Waals surface area contributed by atoms with Crippen LogP contribution >= 0.6 is 0 Å². The van der Waals surface area contributed by atoms with Crippen LogP contribution in [0.5, 0.6) is 0 Å². The van der Waals surface area contributed by atoms with Gasteiger partial charge in [0.05, 0.1) is 12.0 Å². The van der Waals surface area contributed by atoms with Crippen molar-refractivity contribution in [3.8, 4) is 0 Å². The average molecular weight is 371 g/mol. The molecule has 0 aromatic carbocycles. The van der Waals surface area contributed by atoms with E-state index < -0.39 is 0 Å². The van der Waals surface area contributed by atoms with Crippen molar-refractivity contribution in [1.82, 2.24) is 0 Å². The van der Waals surface area contributed by atoms with E-state index in [0.717, 1.165) is 59.7 Å². The van der Waals surface area contributed by atoms with E-state index in [9.17, 15) is 4.79 Å². The van der Waals surface area contributed by atoms with E-state index in [1.165, 1.54) is 57.8 Å². The van der Waals surface area contributed by atoms with Gasteiger partial charge in [-0.2, -0.15) is 0 Å². The highest BCUT2D eigenvalue weighted by atomic mass is 16.7. The van der Waals surface area contributed by atoms with Crippen LogP contribution < -0.4 is 0 Å². The SMILES string of the molecule is O=C(OCOC1C2CC3CC(C2)CC1C3)C1CC2CC1C1C3CCC(C3)C21. The van der Waals surface area contributed by atoms with Gasteiger partial charge in [0.1, 0.15) is 0 Å². The van der Waals surface area contributed by atoms with Crippen molar-refractivity contribution in [1.29, 1.82) is 0 Å². The molecule has 0 aromatic rings. The Morgan fingerprint density at radius 1 is 0.704 bits per heavy atom. The van der Waals surface area contributed by atoms with E-state index in [1.54, 1.807) is 0 Å². The molecule has 0 saturated heterocycles. The van der Waals surface area contributed by atoms with Gasteiger partial charge in [-0.25, -0.2) is 0 Å². The first-order valence-electron chi connectivity index (χ1n) is 12.0. The van der Waals surface area contributed by atoms with Crippen LogP contribution in [-0.2, 0) is 14.3 Å². The predicted molar refractivity (Wildman–Crippen MR) is 100 cm³/mol. The van der Waals surface area contributed by atoms with Crippen LogP contribution in [0.15, 0.2) is 0 Å². The zero-order valence-corrected chi connectivity index (χ0v) is 16.4. The van der Waals surface area contributed by atoms with E-state index in [4.69, 9.17) is 9.47 Å². The Morgan fingerprint density at radius 3 is 2.15 bits per heavy atom. The highest BCUT2D eigenvalue weighted by Crippen LogP contribution is 2.68. The molecule has 3 nitrogen and oxygen atoms in total. The lowest BCUT2D eigenvalue weighted by Gasteiger charge is -2.53. The first-order valence-corrected chi connectivity index (χ1v) is 12.0. The number of hydrogen-bond acceptors (Lipinski definition) is 3. The van der Waals surface area contributed by atoms with E-state index >= 15 is 0 Å². The molecule has 27 heavy (non-hydrogen) atoms. The molecule has 8 fully saturated rings. The molecule has 0 spiro atoms. The zero-order valence-electron chi connectivity index (χ0n) is 16.4. The molecule has 0 heterocycles. The monoisotopic (exact) mass is 370 g/mol. The first-order chi connectivity index (χ1) is 13.2. The van der Waals surface area contributed by atoms with Crippen LogP contribution in [0.4, 0.5) is 0 Å². The third-order valence-corrected chi connectivity index (χ3v) is 10.6. The van der Waals surface area contributed by atoms with E-state index in [-0.39, 0.29) is 18.7 Å². The summed E-state index contributed by atoms with van der Waals surface area (Å²) in [5.41, 5.74) is 0. The van der Waals surface area contributed by atoms with Gasteiger partial charge >= 0.3 is 5.97 Å². The summed E-state index contributed by atoms with van der Waals surface area (Å²) < 4.78 is 12.0. The Hall–Kier alpha value is -0.570. The summed E-state index contributed by atoms with van der Waals surface area (Å²) in [6.45, 7) is 0.222. The van der Waals surface area contributed by atoms with Crippen molar-refractivity contribution >= 4 is 5.97 Å². The topological polar surface area (TPSA) is 35.5 Å². The number of fused-ring (bicyclic) bond motifs is 9. The summed E-state index contributed by atoms with van der Waals surface area (Å²) in [6, 6.07) is 0. The lowest BCUT2D eigenvalue weighted by molar-refractivity contribution is -0.191. The average Bonchev–Trinajstić information content (AvgIpc) is 3.42. The molecule has 8 bridgehead atoms. The maximum Gasteiger partial charge on any atom is 0.311 e. The fourth-order valence-electron chi connectivity index (χ4n) is 10.3. The minimum Gasteiger partial charge on any atom is -0.438 e. The molecule has 8 saturated carbocycles. The van der Waals surface area contributed by atoms with Gasteiger partial charge in [0.15, 0.2) is 6.79 Å². The first kappa shape index (κ1) is 16.3. The third-order valence-electron chi connectivity index (χ3n) is 10.6. The summed E-state index contributed by atoms with van der Waals surface area (Å²) >= 11 is 0. The molecule has 148 valence electrons. The van der Waals surface area contributed by atoms with Gasteiger partial charge in [0.25, 0.3) is 0 Å². The van der Waals surface area contributed by atoms with E-state index in [0.29, 0.717) is 12.0 Å². The number of carbonyl (C=O) groups is 1. The molecule has 0 amide bonds. The smallest absolute Gasteiger partial charge is 0.311 e. The number of rotatable bonds is 4. The Kier molecular flexibility index (Phi) is 3.45. The number of esters is 1. The molecule has 0 radical (unpaired) electrons. The predicted octanol–water partition coefficient (Wildman–Crippen LogP) is 4.65. The van der Waals surface area contributed by atoms with Gasteiger partial charge in [0, 0.05) is 0 Å². The molecule has 0 N–H and O–H groups in total. The summed E-state index contributed by atoms with van der Waals surface area (Å²) in [6.07, 6.45) is 14.1. The van der Waals surface area contributed by atoms with Crippen molar-refractivity contribution in [3.63, 3.8) is 0 Å². The second-order valence-corrected chi connectivity index (χ2v) is 11.6. The normalized spacial score (nSPS) is 58.8. The summed E-state index contributed by atoms with van der Waals surface area (Å²) in [5, 5.41) is 0. The highest BCUT2D eigenvalue weighted by molar-refractivity contribution is 5.73. The van der Waals surface area contributed by atoms with Crippen LogP contribution in [0.3, 0.4) is 0 Å². The maximum atomic E-state index is 12.9. The Labute approximate surface area is 162 Å². The number of ether oxygens (including phenoxy) is 2. The standard InChI is InChI=1S/C24H34O3/c25-24(20-10-16-9-19(20)22-15-2-1-14(8-15)21(16)22)27-11-26-23-17-4-12-3-13(6-17)7-18(23)5-12/h12-23H,1-11H2. The molecule has 8 aliphatic carbocycles. The lowest BCUT2D eigenvalue weighted by Crippen LogP contribution is -2.49. The third kappa shape index (κ3) is 2.27. The van der Waals surface area contributed by atoms with Crippen LogP contribution in [0.2, 0.25) is 0 Å². The molecule has 7 unspecified atom stereocenters. The van der Waals surface area contributed by atoms with Gasteiger partial charge in [-0.15, -0.1) is 0 Å². The molecular weight excluding hydrogens is 336 g/mol. The van der Waals surface area contributed by atoms with Gasteiger partial charge in [-0.3, -0.25) is 4.79 Å². The van der Waals surface area contributed by atoms with Crippen molar-refractivity contribution in [2.24, 2.45) is 65.1 Å². The molecule has 3 heteroatoms. The minimum atomic E-state index is 0.0764. The van der Waals surface area contributed by atoms with E-state index in [2.05, 4.69) is 0 Å². The van der Waals surface area contributed by atoms with Crippen molar-refractivity contribution < 1.29 is 14.3 Å². The van der Waals surface area contributed by atoms with Crippen LogP contribution in [0, 0.1) is 65.1 Å². The van der Waals surface area contributed by atoms with Crippen LogP contribution in [-0.4, -0.2) is 18.9 Å². The summed E-state index contributed by atoms with van der Waals surface area (Å²) in [7, 11) is 0. The van der Waals surface area contributed by atoms with Crippen molar-refractivity contribution in [3.05, 3.63) is 0 Å². The van der Waals surface area contributed by atoms with Gasteiger partial charge in [-0.05, 0) is 123 Å². The van der Waals surface area contributed by atoms with Gasteiger partial charge in [0.2, 0.25) is 0 Å². The second-order valence-electron chi connectivity index (χ2n) is 11.6. The quantitative estimate of drug-likeness (QED) is 0.411. The maximum absolute atomic E-state index is 12.9. The molecule has 0 aliphatic heterocycles. The molecule has 7 atom stereocenters. The Balaban J connectivity index is 0.965. The fourth-order valence-corrected chi connectivity index (χ4v) is 10.3. The Morgan fingerprint density at radius 2 is 1.41 bits per heavy atom. The number of hydrogen-bond donors (Lipinski definition) is 0. The fraction of sp³-hybridized carbons (Fsp3) is 0.958. The lowest BCUT2D eigenvalue weighted by atomic mass is 9.55. The Bertz CT molecular complexity index is 616. The molecule has 0 aromatic heterocycles. The minimum absolute atomic E-state index is 0.0764. The molecular formula is C24H34O3. The summed E-state index contributed by atoms with van der Waals surface area (Å²) in [4.78, 5) is 12.9. The van der Waals surface area contributed by atoms with Crippen molar-refractivity contribution in [2.45, 2.75) is 70.3 Å². The molecule has 8 aliphatic rings. The van der Waals surface area contributed by atoms with Crippen LogP contribution in [0.1, 0.15) is 64.2 Å². The molecule has 8 rings (SSSR count). The summed E-state index contributed by atoms with van der Waals surface area (Å²) in [5.74, 6) is 8.97. The second kappa shape index (κ2) is 5.74. The highest BCUT2D eigenvalue weighted by Gasteiger charge is 2.63. The van der Waals surface area contributed by atoms with E-state index in [1.807, 2.05) is 0 Å². The van der Waals surface area contributed by atoms with Crippen molar-refractivity contribution in [2.75, 3.05) is 6.79 Å².